The topological polar surface area (TPSA) is 73.7 Å². The lowest BCUT2D eigenvalue weighted by molar-refractivity contribution is 0.0270. The van der Waals surface area contributed by atoms with Gasteiger partial charge in [0.25, 0.3) is 0 Å². The SMILES string of the molecule is COC(=O)c1ccc(Cn2ccc3cnc(C4=CCN(C(=O)OC(C)(C)C)CC4)cc32)cc1. The van der Waals surface area contributed by atoms with Gasteiger partial charge in [0.1, 0.15) is 5.60 Å². The van der Waals surface area contributed by atoms with Crippen LogP contribution >= 0.6 is 0 Å². The summed E-state index contributed by atoms with van der Waals surface area (Å²) in [5.74, 6) is -0.338. The largest absolute Gasteiger partial charge is 0.465 e. The molecule has 2 aromatic heterocycles. The highest BCUT2D eigenvalue weighted by Crippen LogP contribution is 2.26. The van der Waals surface area contributed by atoms with E-state index in [1.807, 2.05) is 45.3 Å². The Morgan fingerprint density at radius 2 is 1.88 bits per heavy atom. The minimum absolute atomic E-state index is 0.284. The second-order valence-corrected chi connectivity index (χ2v) is 9.17. The fourth-order valence-electron chi connectivity index (χ4n) is 3.85. The molecule has 0 bridgehead atoms. The first-order chi connectivity index (χ1) is 15.7. The van der Waals surface area contributed by atoms with Crippen LogP contribution in [0, 0.1) is 0 Å². The Bertz CT molecular complexity index is 1200. The molecule has 4 rings (SSSR count). The summed E-state index contributed by atoms with van der Waals surface area (Å²) in [4.78, 5) is 30.3. The lowest BCUT2D eigenvalue weighted by atomic mass is 10.0. The highest BCUT2D eigenvalue weighted by atomic mass is 16.6. The van der Waals surface area contributed by atoms with Crippen LogP contribution in [0.4, 0.5) is 4.79 Å². The lowest BCUT2D eigenvalue weighted by Gasteiger charge is -2.29. The zero-order valence-corrected chi connectivity index (χ0v) is 19.5. The van der Waals surface area contributed by atoms with Gasteiger partial charge in [0.05, 0.1) is 23.9 Å². The minimum atomic E-state index is -0.501. The maximum Gasteiger partial charge on any atom is 0.410 e. The van der Waals surface area contributed by atoms with E-state index < -0.39 is 5.60 Å². The summed E-state index contributed by atoms with van der Waals surface area (Å²) in [7, 11) is 1.38. The van der Waals surface area contributed by atoms with Crippen LogP contribution in [-0.2, 0) is 16.0 Å². The van der Waals surface area contributed by atoms with Crippen LogP contribution in [0.2, 0.25) is 0 Å². The molecule has 7 nitrogen and oxygen atoms in total. The summed E-state index contributed by atoms with van der Waals surface area (Å²) in [6.45, 7) is 7.42. The summed E-state index contributed by atoms with van der Waals surface area (Å²) >= 11 is 0. The van der Waals surface area contributed by atoms with Crippen LogP contribution in [0.5, 0.6) is 0 Å². The van der Waals surface area contributed by atoms with Crippen molar-refractivity contribution in [1.82, 2.24) is 14.5 Å². The Morgan fingerprint density at radius 1 is 1.12 bits per heavy atom. The van der Waals surface area contributed by atoms with Gasteiger partial charge in [-0.1, -0.05) is 18.2 Å². The molecule has 0 saturated carbocycles. The number of esters is 1. The first-order valence-electron chi connectivity index (χ1n) is 11.0. The van der Waals surface area contributed by atoms with E-state index in [9.17, 15) is 9.59 Å². The second-order valence-electron chi connectivity index (χ2n) is 9.17. The van der Waals surface area contributed by atoms with Crippen LogP contribution in [0.15, 0.2) is 54.9 Å². The summed E-state index contributed by atoms with van der Waals surface area (Å²) in [6.07, 6.45) is 6.44. The van der Waals surface area contributed by atoms with Crippen molar-refractivity contribution in [1.29, 1.82) is 0 Å². The summed E-state index contributed by atoms with van der Waals surface area (Å²) in [6, 6.07) is 11.6. The van der Waals surface area contributed by atoms with Crippen LogP contribution in [0.3, 0.4) is 0 Å². The Morgan fingerprint density at radius 3 is 2.52 bits per heavy atom. The summed E-state index contributed by atoms with van der Waals surface area (Å²) < 4.78 is 12.4. The van der Waals surface area contributed by atoms with Crippen molar-refractivity contribution >= 4 is 28.5 Å². The molecule has 3 aromatic rings. The molecule has 172 valence electrons. The number of pyridine rings is 1. The van der Waals surface area contributed by atoms with E-state index in [4.69, 9.17) is 9.47 Å². The number of nitrogens with zero attached hydrogens (tertiary/aromatic N) is 3. The number of benzene rings is 1. The fourth-order valence-corrected chi connectivity index (χ4v) is 3.85. The quantitative estimate of drug-likeness (QED) is 0.532. The first-order valence-corrected chi connectivity index (χ1v) is 11.0. The summed E-state index contributed by atoms with van der Waals surface area (Å²) in [5, 5.41) is 1.07. The van der Waals surface area contributed by atoms with Gasteiger partial charge in [0, 0.05) is 37.4 Å². The number of fused-ring (bicyclic) bond motifs is 1. The average molecular weight is 448 g/mol. The molecule has 33 heavy (non-hydrogen) atoms. The molecule has 0 atom stereocenters. The van der Waals surface area contributed by atoms with Crippen molar-refractivity contribution < 1.29 is 19.1 Å². The van der Waals surface area contributed by atoms with Crippen molar-refractivity contribution in [2.75, 3.05) is 20.2 Å². The maximum absolute atomic E-state index is 12.3. The van der Waals surface area contributed by atoms with Gasteiger partial charge in [-0.05, 0) is 62.6 Å². The Balaban J connectivity index is 1.50. The molecule has 1 amide bonds. The molecule has 0 fully saturated rings. The van der Waals surface area contributed by atoms with E-state index in [0.717, 1.165) is 34.2 Å². The van der Waals surface area contributed by atoms with Gasteiger partial charge in [-0.15, -0.1) is 0 Å². The van der Waals surface area contributed by atoms with Crippen molar-refractivity contribution in [3.8, 4) is 0 Å². The van der Waals surface area contributed by atoms with Crippen LogP contribution in [0.25, 0.3) is 16.5 Å². The highest BCUT2D eigenvalue weighted by Gasteiger charge is 2.24. The second kappa shape index (κ2) is 9.10. The maximum atomic E-state index is 12.3. The van der Waals surface area contributed by atoms with Crippen molar-refractivity contribution in [3.63, 3.8) is 0 Å². The fraction of sp³-hybridized carbons (Fsp3) is 0.346. The number of amides is 1. The molecule has 1 aliphatic heterocycles. The Kier molecular flexibility index (Phi) is 6.22. The molecule has 0 aliphatic carbocycles. The van der Waals surface area contributed by atoms with Gasteiger partial charge >= 0.3 is 12.1 Å². The normalized spacial score (nSPS) is 14.2. The zero-order valence-electron chi connectivity index (χ0n) is 19.5. The van der Waals surface area contributed by atoms with Crippen LogP contribution in [0.1, 0.15) is 48.8 Å². The van der Waals surface area contributed by atoms with Crippen molar-refractivity contribution in [2.45, 2.75) is 39.3 Å². The molecule has 7 heteroatoms. The number of hydrogen-bond acceptors (Lipinski definition) is 5. The molecular formula is C26H29N3O4. The minimum Gasteiger partial charge on any atom is -0.465 e. The first kappa shape index (κ1) is 22.6. The van der Waals surface area contributed by atoms with E-state index in [2.05, 4.69) is 27.8 Å². The molecule has 3 heterocycles. The Labute approximate surface area is 193 Å². The average Bonchev–Trinajstić information content (AvgIpc) is 3.20. The Hall–Kier alpha value is -3.61. The number of carbonyl (C=O) groups excluding carboxylic acids is 2. The molecule has 0 spiro atoms. The predicted molar refractivity (Wildman–Crippen MR) is 127 cm³/mol. The van der Waals surface area contributed by atoms with E-state index in [-0.39, 0.29) is 12.1 Å². The van der Waals surface area contributed by atoms with E-state index >= 15 is 0 Å². The van der Waals surface area contributed by atoms with Gasteiger partial charge in [-0.2, -0.15) is 0 Å². The molecule has 0 radical (unpaired) electrons. The van der Waals surface area contributed by atoms with E-state index in [1.54, 1.807) is 17.0 Å². The standard InChI is InChI=1S/C26H29N3O4/c1-26(2,3)33-25(31)28-12-9-19(10-13-28)22-15-23-21(16-27-22)11-14-29(23)17-18-5-7-20(8-6-18)24(30)32-4/h5-9,11,14-16H,10,12-13,17H2,1-4H3. The highest BCUT2D eigenvalue weighted by molar-refractivity contribution is 5.89. The van der Waals surface area contributed by atoms with Gasteiger partial charge in [-0.25, -0.2) is 9.59 Å². The third kappa shape index (κ3) is 5.25. The number of carbonyl (C=O) groups is 2. The molecule has 1 aromatic carbocycles. The van der Waals surface area contributed by atoms with Crippen LogP contribution in [-0.4, -0.2) is 52.3 Å². The van der Waals surface area contributed by atoms with Gasteiger partial charge in [0.2, 0.25) is 0 Å². The third-order valence-corrected chi connectivity index (χ3v) is 5.57. The predicted octanol–water partition coefficient (Wildman–Crippen LogP) is 4.90. The number of rotatable bonds is 4. The third-order valence-electron chi connectivity index (χ3n) is 5.57. The molecule has 0 saturated heterocycles. The lowest BCUT2D eigenvalue weighted by Crippen LogP contribution is -2.39. The molecule has 0 unspecified atom stereocenters. The van der Waals surface area contributed by atoms with Gasteiger partial charge in [0.15, 0.2) is 0 Å². The molecule has 0 N–H and O–H groups in total. The number of hydrogen-bond donors (Lipinski definition) is 0. The monoisotopic (exact) mass is 447 g/mol. The van der Waals surface area contributed by atoms with Gasteiger partial charge < -0.3 is 18.9 Å². The number of methoxy groups -OCH3 is 1. The van der Waals surface area contributed by atoms with Gasteiger partial charge in [-0.3, -0.25) is 4.98 Å². The zero-order chi connectivity index (χ0) is 23.6. The van der Waals surface area contributed by atoms with E-state index in [1.165, 1.54) is 7.11 Å². The van der Waals surface area contributed by atoms with Crippen LogP contribution < -0.4 is 0 Å². The molecule has 1 aliphatic rings. The molecular weight excluding hydrogens is 418 g/mol. The summed E-state index contributed by atoms with van der Waals surface area (Å²) in [5.41, 5.74) is 4.27. The van der Waals surface area contributed by atoms with Crippen molar-refractivity contribution in [3.05, 3.63) is 71.7 Å². The van der Waals surface area contributed by atoms with E-state index in [0.29, 0.717) is 25.2 Å². The van der Waals surface area contributed by atoms with Crippen molar-refractivity contribution in [2.24, 2.45) is 0 Å². The number of aromatic nitrogens is 2. The smallest absolute Gasteiger partial charge is 0.410 e. The number of ether oxygens (including phenoxy) is 2.